The number of alkyl halides is 3. The number of rotatable bonds is 3. The summed E-state index contributed by atoms with van der Waals surface area (Å²) in [6, 6.07) is 8.10. The molecule has 0 aliphatic rings. The van der Waals surface area contributed by atoms with E-state index in [0.29, 0.717) is 22.4 Å². The zero-order chi connectivity index (χ0) is 18.2. The lowest BCUT2D eigenvalue weighted by molar-refractivity contribution is -0.137. The van der Waals surface area contributed by atoms with Gasteiger partial charge >= 0.3 is 6.18 Å². The van der Waals surface area contributed by atoms with Gasteiger partial charge in [0.2, 0.25) is 5.95 Å². The molecule has 3 rings (SSSR count). The molecular weight excluding hydrogens is 335 g/mol. The van der Waals surface area contributed by atoms with Crippen LogP contribution < -0.4 is 15.2 Å². The molecule has 0 fully saturated rings. The van der Waals surface area contributed by atoms with Gasteiger partial charge in [0.15, 0.2) is 11.5 Å². The third-order valence-corrected chi connectivity index (χ3v) is 3.68. The molecule has 130 valence electrons. The molecule has 0 bridgehead atoms. The molecule has 2 N–H and O–H groups in total. The second-order valence-corrected chi connectivity index (χ2v) is 5.23. The fourth-order valence-electron chi connectivity index (χ4n) is 2.54. The highest BCUT2D eigenvalue weighted by Gasteiger charge is 2.30. The molecule has 1 heterocycles. The van der Waals surface area contributed by atoms with Gasteiger partial charge in [-0.05, 0) is 18.2 Å². The second-order valence-electron chi connectivity index (χ2n) is 5.23. The van der Waals surface area contributed by atoms with Crippen LogP contribution in [-0.4, -0.2) is 24.2 Å². The molecule has 8 heteroatoms. The highest BCUT2D eigenvalue weighted by Crippen LogP contribution is 2.37. The summed E-state index contributed by atoms with van der Waals surface area (Å²) in [6.07, 6.45) is -4.45. The van der Waals surface area contributed by atoms with E-state index < -0.39 is 11.7 Å². The van der Waals surface area contributed by atoms with Gasteiger partial charge in [-0.1, -0.05) is 12.1 Å². The van der Waals surface area contributed by atoms with Crippen LogP contribution in [0.5, 0.6) is 11.5 Å². The van der Waals surface area contributed by atoms with Crippen molar-refractivity contribution in [3.05, 3.63) is 42.0 Å². The number of anilines is 1. The van der Waals surface area contributed by atoms with E-state index in [0.717, 1.165) is 12.1 Å². The summed E-state index contributed by atoms with van der Waals surface area (Å²) in [5.74, 6) is 0.798. The summed E-state index contributed by atoms with van der Waals surface area (Å²) in [4.78, 5) is 8.25. The van der Waals surface area contributed by atoms with Crippen LogP contribution in [0.4, 0.5) is 19.1 Å². The first-order valence-corrected chi connectivity index (χ1v) is 7.20. The van der Waals surface area contributed by atoms with Crippen molar-refractivity contribution in [3.8, 4) is 22.8 Å². The SMILES string of the molecule is COc1cc2nc(N)nc(-c3cccc(C(F)(F)F)c3)c2cc1OC. The highest BCUT2D eigenvalue weighted by atomic mass is 19.4. The average Bonchev–Trinajstić information content (AvgIpc) is 2.59. The van der Waals surface area contributed by atoms with Crippen LogP contribution >= 0.6 is 0 Å². The predicted octanol–water partition coefficient (Wildman–Crippen LogP) is 3.92. The van der Waals surface area contributed by atoms with Crippen molar-refractivity contribution < 1.29 is 22.6 Å². The van der Waals surface area contributed by atoms with Crippen LogP contribution in [0.15, 0.2) is 36.4 Å². The maximum atomic E-state index is 13.0. The average molecular weight is 349 g/mol. The van der Waals surface area contributed by atoms with Gasteiger partial charge in [0.25, 0.3) is 0 Å². The van der Waals surface area contributed by atoms with E-state index in [1.807, 2.05) is 0 Å². The quantitative estimate of drug-likeness (QED) is 0.776. The molecule has 2 aromatic carbocycles. The van der Waals surface area contributed by atoms with Crippen LogP contribution in [0.2, 0.25) is 0 Å². The van der Waals surface area contributed by atoms with Crippen molar-refractivity contribution in [2.24, 2.45) is 0 Å². The van der Waals surface area contributed by atoms with Crippen LogP contribution in [0.1, 0.15) is 5.56 Å². The monoisotopic (exact) mass is 349 g/mol. The summed E-state index contributed by atoms with van der Waals surface area (Å²) in [6.45, 7) is 0. The minimum atomic E-state index is -4.45. The number of hydrogen-bond donors (Lipinski definition) is 1. The fourth-order valence-corrected chi connectivity index (χ4v) is 2.54. The van der Waals surface area contributed by atoms with Gasteiger partial charge in [0, 0.05) is 17.0 Å². The molecule has 1 aromatic heterocycles. The van der Waals surface area contributed by atoms with Gasteiger partial charge in [-0.25, -0.2) is 9.97 Å². The second kappa shape index (κ2) is 6.12. The fraction of sp³-hybridized carbons (Fsp3) is 0.176. The molecule has 0 atom stereocenters. The van der Waals surface area contributed by atoms with Crippen molar-refractivity contribution >= 4 is 16.9 Å². The lowest BCUT2D eigenvalue weighted by atomic mass is 10.0. The number of aromatic nitrogens is 2. The Morgan fingerprint density at radius 3 is 2.28 bits per heavy atom. The minimum absolute atomic E-state index is 0.0490. The Morgan fingerprint density at radius 2 is 1.64 bits per heavy atom. The topological polar surface area (TPSA) is 70.3 Å². The number of ether oxygens (including phenoxy) is 2. The molecule has 5 nitrogen and oxygen atoms in total. The summed E-state index contributed by atoms with van der Waals surface area (Å²) in [5.41, 5.74) is 5.97. The third-order valence-electron chi connectivity index (χ3n) is 3.68. The van der Waals surface area contributed by atoms with Gasteiger partial charge in [0.1, 0.15) is 0 Å². The molecule has 0 saturated heterocycles. The van der Waals surface area contributed by atoms with Crippen LogP contribution in [0.25, 0.3) is 22.2 Å². The molecule has 0 saturated carbocycles. The highest BCUT2D eigenvalue weighted by molar-refractivity contribution is 5.95. The van der Waals surface area contributed by atoms with E-state index in [4.69, 9.17) is 15.2 Å². The van der Waals surface area contributed by atoms with E-state index in [1.54, 1.807) is 12.1 Å². The standard InChI is InChI=1S/C17H14F3N3O2/c1-24-13-7-11-12(8-14(13)25-2)22-16(21)23-15(11)9-4-3-5-10(6-9)17(18,19)20/h3-8H,1-2H3,(H2,21,22,23). The lowest BCUT2D eigenvalue weighted by Crippen LogP contribution is -2.05. The normalized spacial score (nSPS) is 11.6. The largest absolute Gasteiger partial charge is 0.493 e. The maximum absolute atomic E-state index is 13.0. The van der Waals surface area contributed by atoms with E-state index >= 15 is 0 Å². The molecule has 0 aliphatic heterocycles. The number of nitrogens with zero attached hydrogens (tertiary/aromatic N) is 2. The summed E-state index contributed by atoms with van der Waals surface area (Å²) in [5, 5.41) is 0.506. The Morgan fingerprint density at radius 1 is 0.960 bits per heavy atom. The molecular formula is C17H14F3N3O2. The first-order chi connectivity index (χ1) is 11.8. The summed E-state index contributed by atoms with van der Waals surface area (Å²) in [7, 11) is 2.94. The Hall–Kier alpha value is -3.03. The van der Waals surface area contributed by atoms with Crippen molar-refractivity contribution in [2.45, 2.75) is 6.18 Å². The molecule has 0 unspecified atom stereocenters. The number of halogens is 3. The summed E-state index contributed by atoms with van der Waals surface area (Å²) < 4.78 is 49.5. The Kier molecular flexibility index (Phi) is 4.12. The molecule has 25 heavy (non-hydrogen) atoms. The van der Waals surface area contributed by atoms with Crippen LogP contribution in [0, 0.1) is 0 Å². The van der Waals surface area contributed by atoms with Gasteiger partial charge in [-0.2, -0.15) is 13.2 Å². The number of benzene rings is 2. The minimum Gasteiger partial charge on any atom is -0.493 e. The Bertz CT molecular complexity index is 942. The zero-order valence-corrected chi connectivity index (χ0v) is 13.4. The van der Waals surface area contributed by atoms with Crippen LogP contribution in [0.3, 0.4) is 0 Å². The smallest absolute Gasteiger partial charge is 0.416 e. The number of nitrogen functional groups attached to an aromatic ring is 1. The molecule has 3 aromatic rings. The number of hydrogen-bond acceptors (Lipinski definition) is 5. The Balaban J connectivity index is 2.29. The van der Waals surface area contributed by atoms with Crippen molar-refractivity contribution in [2.75, 3.05) is 20.0 Å². The molecule has 0 amide bonds. The van der Waals surface area contributed by atoms with E-state index in [2.05, 4.69) is 9.97 Å². The summed E-state index contributed by atoms with van der Waals surface area (Å²) >= 11 is 0. The van der Waals surface area contributed by atoms with Gasteiger partial charge in [-0.15, -0.1) is 0 Å². The van der Waals surface area contributed by atoms with Gasteiger partial charge < -0.3 is 15.2 Å². The van der Waals surface area contributed by atoms with Gasteiger partial charge in [0.05, 0.1) is 31.0 Å². The third kappa shape index (κ3) is 3.15. The molecule has 0 aliphatic carbocycles. The lowest BCUT2D eigenvalue weighted by Gasteiger charge is -2.13. The first-order valence-electron chi connectivity index (χ1n) is 7.20. The van der Waals surface area contributed by atoms with Crippen molar-refractivity contribution in [3.63, 3.8) is 0 Å². The number of methoxy groups -OCH3 is 2. The van der Waals surface area contributed by atoms with E-state index in [-0.39, 0.29) is 17.2 Å². The maximum Gasteiger partial charge on any atom is 0.416 e. The zero-order valence-electron chi connectivity index (χ0n) is 13.4. The molecule has 0 spiro atoms. The van der Waals surface area contributed by atoms with Crippen LogP contribution in [-0.2, 0) is 6.18 Å². The first kappa shape index (κ1) is 16.8. The number of nitrogens with two attached hydrogens (primary N) is 1. The predicted molar refractivity (Wildman–Crippen MR) is 87.5 cm³/mol. The molecule has 0 radical (unpaired) electrons. The van der Waals surface area contributed by atoms with Gasteiger partial charge in [-0.3, -0.25) is 0 Å². The van der Waals surface area contributed by atoms with Crippen molar-refractivity contribution in [1.82, 2.24) is 9.97 Å². The van der Waals surface area contributed by atoms with Crippen molar-refractivity contribution in [1.29, 1.82) is 0 Å². The van der Waals surface area contributed by atoms with E-state index in [1.165, 1.54) is 26.4 Å². The van der Waals surface area contributed by atoms with E-state index in [9.17, 15) is 13.2 Å². The number of fused-ring (bicyclic) bond motifs is 1. The Labute approximate surface area is 141 Å².